The van der Waals surface area contributed by atoms with Crippen molar-refractivity contribution in [1.29, 1.82) is 0 Å². The lowest BCUT2D eigenvalue weighted by molar-refractivity contribution is -0.147. The molecule has 6 heteroatoms. The second-order valence-corrected chi connectivity index (χ2v) is 6.49. The van der Waals surface area contributed by atoms with Crippen molar-refractivity contribution in [3.63, 3.8) is 0 Å². The number of piperidine rings is 1. The van der Waals surface area contributed by atoms with Crippen LogP contribution in [0.5, 0.6) is 0 Å². The fraction of sp³-hybridized carbons (Fsp3) is 0.500. The van der Waals surface area contributed by atoms with Crippen molar-refractivity contribution in [3.05, 3.63) is 35.6 Å². The summed E-state index contributed by atoms with van der Waals surface area (Å²) in [6, 6.07) is 5.36. The molecule has 2 rings (SSSR count). The van der Waals surface area contributed by atoms with Crippen molar-refractivity contribution in [2.45, 2.75) is 39.2 Å². The number of carboxylic acids is 1. The van der Waals surface area contributed by atoms with Crippen LogP contribution < -0.4 is 0 Å². The third-order valence-electron chi connectivity index (χ3n) is 4.59. The predicted molar refractivity (Wildman–Crippen MR) is 86.0 cm³/mol. The summed E-state index contributed by atoms with van der Waals surface area (Å²) >= 11 is 0. The minimum absolute atomic E-state index is 0.00791. The number of ketones is 1. The van der Waals surface area contributed by atoms with Gasteiger partial charge in [-0.15, -0.1) is 0 Å². The van der Waals surface area contributed by atoms with Gasteiger partial charge in [-0.3, -0.25) is 14.4 Å². The van der Waals surface area contributed by atoms with Gasteiger partial charge in [-0.1, -0.05) is 19.1 Å². The molecule has 0 spiro atoms. The number of rotatable bonds is 5. The van der Waals surface area contributed by atoms with E-state index in [0.29, 0.717) is 12.8 Å². The van der Waals surface area contributed by atoms with Crippen LogP contribution in [0.3, 0.4) is 0 Å². The Bertz CT molecular complexity index is 646. The Morgan fingerprint density at radius 2 is 2.04 bits per heavy atom. The van der Waals surface area contributed by atoms with Gasteiger partial charge in [-0.25, -0.2) is 4.39 Å². The first-order valence-corrected chi connectivity index (χ1v) is 8.11. The van der Waals surface area contributed by atoms with Crippen LogP contribution >= 0.6 is 0 Å². The molecule has 0 aromatic heterocycles. The van der Waals surface area contributed by atoms with Crippen molar-refractivity contribution in [2.75, 3.05) is 6.54 Å². The Kier molecular flexibility index (Phi) is 5.70. The van der Waals surface area contributed by atoms with Crippen molar-refractivity contribution in [3.8, 4) is 0 Å². The standard InChI is InChI=1S/C18H22FNO4/c1-11(17(22)13-4-3-5-15(19)9-13)8-16(21)20-10-14(18(23)24)7-6-12(20)2/h3-5,9,11-12,14H,6-8,10H2,1-2H3,(H,23,24). The van der Waals surface area contributed by atoms with Crippen molar-refractivity contribution in [2.24, 2.45) is 11.8 Å². The molecule has 5 nitrogen and oxygen atoms in total. The van der Waals surface area contributed by atoms with E-state index in [1.54, 1.807) is 11.8 Å². The van der Waals surface area contributed by atoms with Gasteiger partial charge < -0.3 is 10.0 Å². The van der Waals surface area contributed by atoms with E-state index in [0.717, 1.165) is 6.07 Å². The van der Waals surface area contributed by atoms with E-state index in [9.17, 15) is 18.8 Å². The summed E-state index contributed by atoms with van der Waals surface area (Å²) in [5.41, 5.74) is 0.241. The number of halogens is 1. The average molecular weight is 335 g/mol. The van der Waals surface area contributed by atoms with Crippen molar-refractivity contribution >= 4 is 17.7 Å². The van der Waals surface area contributed by atoms with Gasteiger partial charge in [-0.2, -0.15) is 0 Å². The molecule has 1 aliphatic rings. The number of Topliss-reactive ketones (excluding diaryl/α,β-unsaturated/α-hetero) is 1. The van der Waals surface area contributed by atoms with Crippen molar-refractivity contribution in [1.82, 2.24) is 4.90 Å². The molecule has 1 aromatic rings. The molecule has 0 radical (unpaired) electrons. The lowest BCUT2D eigenvalue weighted by atomic mass is 9.91. The molecule has 0 aliphatic carbocycles. The van der Waals surface area contributed by atoms with E-state index in [4.69, 9.17) is 5.11 Å². The van der Waals surface area contributed by atoms with Crippen LogP contribution in [0.4, 0.5) is 4.39 Å². The largest absolute Gasteiger partial charge is 0.481 e. The van der Waals surface area contributed by atoms with Crippen LogP contribution in [0.1, 0.15) is 43.5 Å². The average Bonchev–Trinajstić information content (AvgIpc) is 2.54. The summed E-state index contributed by atoms with van der Waals surface area (Å²) in [5, 5.41) is 9.14. The van der Waals surface area contributed by atoms with Crippen molar-refractivity contribution < 1.29 is 23.9 Å². The fourth-order valence-corrected chi connectivity index (χ4v) is 3.05. The maximum absolute atomic E-state index is 13.2. The second kappa shape index (κ2) is 7.55. The molecule has 1 saturated heterocycles. The minimum atomic E-state index is -0.899. The molecule has 1 aromatic carbocycles. The van der Waals surface area contributed by atoms with E-state index in [2.05, 4.69) is 0 Å². The van der Waals surface area contributed by atoms with Gasteiger partial charge in [-0.05, 0) is 31.9 Å². The van der Waals surface area contributed by atoms with Gasteiger partial charge in [0.25, 0.3) is 0 Å². The molecule has 0 saturated carbocycles. The molecular weight excluding hydrogens is 313 g/mol. The quantitative estimate of drug-likeness (QED) is 0.840. The minimum Gasteiger partial charge on any atom is -0.481 e. The zero-order valence-corrected chi connectivity index (χ0v) is 13.9. The number of benzene rings is 1. The van der Waals surface area contributed by atoms with E-state index in [1.165, 1.54) is 18.2 Å². The zero-order chi connectivity index (χ0) is 17.9. The highest BCUT2D eigenvalue weighted by atomic mass is 19.1. The molecule has 1 aliphatic heterocycles. The highest BCUT2D eigenvalue weighted by Gasteiger charge is 2.33. The van der Waals surface area contributed by atoms with Crippen LogP contribution in [0, 0.1) is 17.7 Å². The first-order valence-electron chi connectivity index (χ1n) is 8.11. The number of hydrogen-bond acceptors (Lipinski definition) is 3. The Hall–Kier alpha value is -2.24. The number of carbonyl (C=O) groups excluding carboxylic acids is 2. The van der Waals surface area contributed by atoms with Gasteiger partial charge in [0.2, 0.25) is 5.91 Å². The van der Waals surface area contributed by atoms with Gasteiger partial charge in [0.1, 0.15) is 5.82 Å². The van der Waals surface area contributed by atoms with E-state index >= 15 is 0 Å². The number of carboxylic acid groups (broad SMARTS) is 1. The summed E-state index contributed by atoms with van der Waals surface area (Å²) in [7, 11) is 0. The second-order valence-electron chi connectivity index (χ2n) is 6.49. The van der Waals surface area contributed by atoms with Crippen LogP contribution in [0.2, 0.25) is 0 Å². The monoisotopic (exact) mass is 335 g/mol. The Morgan fingerprint density at radius 1 is 1.33 bits per heavy atom. The number of aliphatic carboxylic acids is 1. The summed E-state index contributed by atoms with van der Waals surface area (Å²) < 4.78 is 13.2. The maximum Gasteiger partial charge on any atom is 0.308 e. The van der Waals surface area contributed by atoms with E-state index < -0.39 is 23.6 Å². The maximum atomic E-state index is 13.2. The third-order valence-corrected chi connectivity index (χ3v) is 4.59. The number of amides is 1. The molecule has 130 valence electrons. The first-order chi connectivity index (χ1) is 11.3. The molecule has 0 bridgehead atoms. The normalized spacial score (nSPS) is 22.0. The molecule has 1 heterocycles. The molecular formula is C18H22FNO4. The van der Waals surface area contributed by atoms with Crippen LogP contribution in [-0.4, -0.2) is 40.3 Å². The van der Waals surface area contributed by atoms with E-state index in [-0.39, 0.29) is 36.3 Å². The lowest BCUT2D eigenvalue weighted by Gasteiger charge is -2.37. The summed E-state index contributed by atoms with van der Waals surface area (Å²) in [4.78, 5) is 37.5. The third kappa shape index (κ3) is 4.19. The molecule has 3 unspecified atom stereocenters. The summed E-state index contributed by atoms with van der Waals surface area (Å²) in [6.45, 7) is 3.69. The predicted octanol–water partition coefficient (Wildman–Crippen LogP) is 2.75. The fourth-order valence-electron chi connectivity index (χ4n) is 3.05. The van der Waals surface area contributed by atoms with Crippen LogP contribution in [-0.2, 0) is 9.59 Å². The molecule has 1 N–H and O–H groups in total. The van der Waals surface area contributed by atoms with Gasteiger partial charge in [0.05, 0.1) is 5.92 Å². The Morgan fingerprint density at radius 3 is 2.67 bits per heavy atom. The molecule has 1 amide bonds. The molecule has 1 fully saturated rings. The van der Waals surface area contributed by atoms with Gasteiger partial charge in [0.15, 0.2) is 5.78 Å². The SMILES string of the molecule is CC(CC(=O)N1CC(C(=O)O)CCC1C)C(=O)c1cccc(F)c1. The van der Waals surface area contributed by atoms with Gasteiger partial charge in [0, 0.05) is 30.5 Å². The Labute approximate surface area is 140 Å². The number of hydrogen-bond donors (Lipinski definition) is 1. The molecule has 3 atom stereocenters. The molecule has 24 heavy (non-hydrogen) atoms. The Balaban J connectivity index is 2.02. The number of carbonyl (C=O) groups is 3. The zero-order valence-electron chi connectivity index (χ0n) is 13.9. The van der Waals surface area contributed by atoms with Gasteiger partial charge >= 0.3 is 5.97 Å². The smallest absolute Gasteiger partial charge is 0.308 e. The first kappa shape index (κ1) is 18.1. The van der Waals surface area contributed by atoms with E-state index in [1.807, 2.05) is 6.92 Å². The number of nitrogens with zero attached hydrogens (tertiary/aromatic N) is 1. The summed E-state index contributed by atoms with van der Waals surface area (Å²) in [5.74, 6) is -3.05. The lowest BCUT2D eigenvalue weighted by Crippen LogP contribution is -2.47. The highest BCUT2D eigenvalue weighted by Crippen LogP contribution is 2.24. The van der Waals surface area contributed by atoms with Crippen LogP contribution in [0.25, 0.3) is 0 Å². The number of likely N-dealkylation sites (tertiary alicyclic amines) is 1. The highest BCUT2D eigenvalue weighted by molar-refractivity contribution is 5.99. The van der Waals surface area contributed by atoms with Crippen LogP contribution in [0.15, 0.2) is 24.3 Å². The topological polar surface area (TPSA) is 74.7 Å². The summed E-state index contributed by atoms with van der Waals surface area (Å²) in [6.07, 6.45) is 1.18.